The first kappa shape index (κ1) is 22.6. The van der Waals surface area contributed by atoms with E-state index in [1.807, 2.05) is 49.1 Å². The lowest BCUT2D eigenvalue weighted by molar-refractivity contribution is -0.127. The fraction of sp³-hybridized carbons (Fsp3) is 0.435. The van der Waals surface area contributed by atoms with Crippen LogP contribution in [0, 0.1) is 0 Å². The second kappa shape index (κ2) is 9.48. The Balaban J connectivity index is 1.35. The third-order valence-corrected chi connectivity index (χ3v) is 7.90. The summed E-state index contributed by atoms with van der Waals surface area (Å²) in [6, 6.07) is 14.1. The van der Waals surface area contributed by atoms with Crippen molar-refractivity contribution in [2.24, 2.45) is 0 Å². The minimum absolute atomic E-state index is 0.0653. The highest BCUT2D eigenvalue weighted by Gasteiger charge is 2.32. The van der Waals surface area contributed by atoms with Crippen molar-refractivity contribution in [2.45, 2.75) is 30.8 Å². The summed E-state index contributed by atoms with van der Waals surface area (Å²) in [6.45, 7) is 6.28. The predicted molar refractivity (Wildman–Crippen MR) is 120 cm³/mol. The van der Waals surface area contributed by atoms with Crippen LogP contribution in [0.25, 0.3) is 0 Å². The van der Waals surface area contributed by atoms with E-state index in [-0.39, 0.29) is 22.9 Å². The lowest BCUT2D eigenvalue weighted by Gasteiger charge is -2.37. The number of nitrogens with one attached hydrogen (secondary N) is 1. The van der Waals surface area contributed by atoms with E-state index < -0.39 is 10.0 Å². The lowest BCUT2D eigenvalue weighted by Crippen LogP contribution is -2.55. The molecule has 2 aliphatic rings. The van der Waals surface area contributed by atoms with Gasteiger partial charge >= 0.3 is 0 Å². The van der Waals surface area contributed by atoms with Crippen molar-refractivity contribution >= 4 is 15.9 Å². The van der Waals surface area contributed by atoms with Gasteiger partial charge in [-0.05, 0) is 31.5 Å². The Morgan fingerprint density at radius 1 is 0.938 bits per heavy atom. The fourth-order valence-electron chi connectivity index (χ4n) is 3.99. The van der Waals surface area contributed by atoms with Crippen LogP contribution >= 0.6 is 0 Å². The monoisotopic (exact) mass is 459 g/mol. The van der Waals surface area contributed by atoms with Crippen LogP contribution in [-0.2, 0) is 14.8 Å². The van der Waals surface area contributed by atoms with Crippen LogP contribution < -0.4 is 14.8 Å². The molecule has 32 heavy (non-hydrogen) atoms. The van der Waals surface area contributed by atoms with Crippen LogP contribution in [0.5, 0.6) is 11.5 Å². The second-order valence-electron chi connectivity index (χ2n) is 8.06. The predicted octanol–water partition coefficient (Wildman–Crippen LogP) is 2.03. The standard InChI is InChI=1S/C23H29N3O5S/c1-17(19-6-4-3-5-7-19)24-23(27)18(2)25-10-12-26(13-11-25)32(28,29)20-8-9-21-22(16-20)31-15-14-30-21/h3-9,16-18H,10-15H2,1-2H3,(H,24,27). The number of sulfonamides is 1. The van der Waals surface area contributed by atoms with Crippen molar-refractivity contribution in [1.29, 1.82) is 0 Å². The number of hydrogen-bond donors (Lipinski definition) is 1. The van der Waals surface area contributed by atoms with Gasteiger partial charge in [-0.3, -0.25) is 9.69 Å². The number of fused-ring (bicyclic) bond motifs is 1. The summed E-state index contributed by atoms with van der Waals surface area (Å²) in [5, 5.41) is 3.05. The van der Waals surface area contributed by atoms with Gasteiger partial charge in [0.25, 0.3) is 0 Å². The van der Waals surface area contributed by atoms with Crippen LogP contribution in [0.4, 0.5) is 0 Å². The molecule has 0 aromatic heterocycles. The highest BCUT2D eigenvalue weighted by atomic mass is 32.2. The van der Waals surface area contributed by atoms with E-state index >= 15 is 0 Å². The maximum Gasteiger partial charge on any atom is 0.243 e. The molecular weight excluding hydrogens is 430 g/mol. The Morgan fingerprint density at radius 2 is 1.59 bits per heavy atom. The highest BCUT2D eigenvalue weighted by Crippen LogP contribution is 2.33. The molecule has 0 saturated carbocycles. The van der Waals surface area contributed by atoms with Crippen LogP contribution in [0.2, 0.25) is 0 Å². The number of nitrogens with zero attached hydrogens (tertiary/aromatic N) is 2. The van der Waals surface area contributed by atoms with Gasteiger partial charge in [-0.25, -0.2) is 8.42 Å². The van der Waals surface area contributed by atoms with E-state index in [0.29, 0.717) is 50.9 Å². The zero-order valence-corrected chi connectivity index (χ0v) is 19.2. The SMILES string of the molecule is CC(NC(=O)C(C)N1CCN(S(=O)(=O)c2ccc3c(c2)OCCO3)CC1)c1ccccc1. The number of amides is 1. The van der Waals surface area contributed by atoms with Crippen LogP contribution in [0.3, 0.4) is 0 Å². The molecule has 0 aliphatic carbocycles. The van der Waals surface area contributed by atoms with Gasteiger partial charge in [0.2, 0.25) is 15.9 Å². The summed E-state index contributed by atoms with van der Waals surface area (Å²) in [7, 11) is -3.65. The molecule has 1 N–H and O–H groups in total. The molecule has 1 amide bonds. The molecule has 0 radical (unpaired) electrons. The molecule has 2 heterocycles. The van der Waals surface area contributed by atoms with E-state index in [9.17, 15) is 13.2 Å². The van der Waals surface area contributed by atoms with Crippen LogP contribution in [0.15, 0.2) is 53.4 Å². The molecule has 4 rings (SSSR count). The number of ether oxygens (including phenoxy) is 2. The molecule has 0 bridgehead atoms. The average molecular weight is 460 g/mol. The van der Waals surface area contributed by atoms with Gasteiger partial charge < -0.3 is 14.8 Å². The summed E-state index contributed by atoms with van der Waals surface area (Å²) >= 11 is 0. The molecule has 2 aliphatic heterocycles. The quantitative estimate of drug-likeness (QED) is 0.711. The minimum atomic E-state index is -3.65. The lowest BCUT2D eigenvalue weighted by atomic mass is 10.1. The summed E-state index contributed by atoms with van der Waals surface area (Å²) in [5.74, 6) is 0.947. The molecule has 0 spiro atoms. The highest BCUT2D eigenvalue weighted by molar-refractivity contribution is 7.89. The normalized spacial score (nSPS) is 19.2. The van der Waals surface area contributed by atoms with Crippen LogP contribution in [0.1, 0.15) is 25.5 Å². The zero-order valence-electron chi connectivity index (χ0n) is 18.4. The molecule has 9 heteroatoms. The third kappa shape index (κ3) is 4.74. The summed E-state index contributed by atoms with van der Waals surface area (Å²) in [6.07, 6.45) is 0. The van der Waals surface area contributed by atoms with Gasteiger partial charge in [0, 0.05) is 32.2 Å². The fourth-order valence-corrected chi connectivity index (χ4v) is 5.43. The maximum atomic E-state index is 13.1. The van der Waals surface area contributed by atoms with Gasteiger partial charge in [-0.2, -0.15) is 4.31 Å². The first-order chi connectivity index (χ1) is 15.4. The molecule has 8 nitrogen and oxygen atoms in total. The van der Waals surface area contributed by atoms with Crippen molar-refractivity contribution in [3.63, 3.8) is 0 Å². The maximum absolute atomic E-state index is 13.1. The second-order valence-corrected chi connectivity index (χ2v) is 10.0. The summed E-state index contributed by atoms with van der Waals surface area (Å²) < 4.78 is 38.7. The van der Waals surface area contributed by atoms with Gasteiger partial charge in [0.1, 0.15) is 13.2 Å². The smallest absolute Gasteiger partial charge is 0.243 e. The van der Waals surface area contributed by atoms with E-state index in [2.05, 4.69) is 5.32 Å². The number of benzene rings is 2. The molecule has 2 aromatic carbocycles. The Bertz CT molecular complexity index is 1050. The summed E-state index contributed by atoms with van der Waals surface area (Å²) in [5.41, 5.74) is 1.04. The van der Waals surface area contributed by atoms with Gasteiger partial charge in [-0.1, -0.05) is 30.3 Å². The van der Waals surface area contributed by atoms with E-state index in [1.54, 1.807) is 12.1 Å². The molecule has 2 atom stereocenters. The van der Waals surface area contributed by atoms with Gasteiger partial charge in [-0.15, -0.1) is 0 Å². The molecule has 2 unspecified atom stereocenters. The molecule has 1 saturated heterocycles. The summed E-state index contributed by atoms with van der Waals surface area (Å²) in [4.78, 5) is 15.0. The first-order valence-corrected chi connectivity index (χ1v) is 12.3. The number of piperazine rings is 1. The van der Waals surface area contributed by atoms with E-state index in [1.165, 1.54) is 10.4 Å². The topological polar surface area (TPSA) is 88.2 Å². The Labute approximate surface area is 189 Å². The Morgan fingerprint density at radius 3 is 2.28 bits per heavy atom. The number of carbonyl (C=O) groups is 1. The number of rotatable bonds is 6. The Kier molecular flexibility index (Phi) is 6.68. The third-order valence-electron chi connectivity index (χ3n) is 6.01. The average Bonchev–Trinajstić information content (AvgIpc) is 2.83. The molecule has 1 fully saturated rings. The Hall–Kier alpha value is -2.62. The molecule has 2 aromatic rings. The van der Waals surface area contributed by atoms with Gasteiger partial charge in [0.05, 0.1) is 17.0 Å². The van der Waals surface area contributed by atoms with Crippen LogP contribution in [-0.4, -0.2) is 69.0 Å². The minimum Gasteiger partial charge on any atom is -0.486 e. The number of carbonyl (C=O) groups excluding carboxylic acids is 1. The first-order valence-electron chi connectivity index (χ1n) is 10.9. The number of hydrogen-bond acceptors (Lipinski definition) is 6. The van der Waals surface area contributed by atoms with E-state index in [0.717, 1.165) is 5.56 Å². The van der Waals surface area contributed by atoms with Crippen molar-refractivity contribution < 1.29 is 22.7 Å². The van der Waals surface area contributed by atoms with Crippen molar-refractivity contribution in [2.75, 3.05) is 39.4 Å². The molecular formula is C23H29N3O5S. The van der Waals surface area contributed by atoms with E-state index in [4.69, 9.17) is 9.47 Å². The largest absolute Gasteiger partial charge is 0.486 e. The molecule has 172 valence electrons. The van der Waals surface area contributed by atoms with Crippen molar-refractivity contribution in [3.8, 4) is 11.5 Å². The van der Waals surface area contributed by atoms with Gasteiger partial charge in [0.15, 0.2) is 11.5 Å². The van der Waals surface area contributed by atoms with Crippen molar-refractivity contribution in [1.82, 2.24) is 14.5 Å². The zero-order chi connectivity index (χ0) is 22.7. The van der Waals surface area contributed by atoms with Crippen molar-refractivity contribution in [3.05, 3.63) is 54.1 Å².